The molecule has 0 unspecified atom stereocenters. The first-order chi connectivity index (χ1) is 9.54. The van der Waals surface area contributed by atoms with Crippen molar-refractivity contribution in [3.05, 3.63) is 53.6 Å². The Kier molecular flexibility index (Phi) is 4.69. The van der Waals surface area contributed by atoms with E-state index in [1.54, 1.807) is 31.5 Å². The molecule has 2 rings (SSSR count). The smallest absolute Gasteiger partial charge is 0.146 e. The van der Waals surface area contributed by atoms with E-state index in [0.717, 1.165) is 12.1 Å². The predicted octanol–water partition coefficient (Wildman–Crippen LogP) is 3.82. The van der Waals surface area contributed by atoms with Gasteiger partial charge in [0.1, 0.15) is 17.3 Å². The Bertz CT molecular complexity index is 584. The van der Waals surface area contributed by atoms with E-state index in [1.165, 1.54) is 6.07 Å². The van der Waals surface area contributed by atoms with Gasteiger partial charge in [-0.2, -0.15) is 0 Å². The van der Waals surface area contributed by atoms with E-state index < -0.39 is 0 Å². The fourth-order valence-electron chi connectivity index (χ4n) is 1.71. The van der Waals surface area contributed by atoms with E-state index in [4.69, 9.17) is 4.74 Å². The summed E-state index contributed by atoms with van der Waals surface area (Å²) in [5.74, 6) is 0.813. The predicted molar refractivity (Wildman–Crippen MR) is 77.4 cm³/mol. The molecule has 0 amide bonds. The average Bonchev–Trinajstić information content (AvgIpc) is 2.41. The van der Waals surface area contributed by atoms with Crippen molar-refractivity contribution in [1.82, 2.24) is 10.3 Å². The van der Waals surface area contributed by atoms with E-state index in [9.17, 15) is 4.39 Å². The molecule has 0 bridgehead atoms. The third kappa shape index (κ3) is 4.03. The molecule has 1 aromatic carbocycles. The standard InChI is InChI=1S/C16H19FN2O/c1-11(2)19-9-13-6-15(10-18-8-13)20-14-5-4-12(3)16(17)7-14/h4-8,10-11,19H,9H2,1-3H3. The number of rotatable bonds is 5. The number of nitrogens with one attached hydrogen (secondary N) is 1. The Morgan fingerprint density at radius 2 is 2.00 bits per heavy atom. The van der Waals surface area contributed by atoms with Crippen molar-refractivity contribution in [2.45, 2.75) is 33.4 Å². The van der Waals surface area contributed by atoms with Gasteiger partial charge in [0.2, 0.25) is 0 Å². The fraction of sp³-hybridized carbons (Fsp3) is 0.312. The number of benzene rings is 1. The molecule has 3 nitrogen and oxygen atoms in total. The van der Waals surface area contributed by atoms with Gasteiger partial charge in [0.15, 0.2) is 0 Å². The highest BCUT2D eigenvalue weighted by Crippen LogP contribution is 2.23. The summed E-state index contributed by atoms with van der Waals surface area (Å²) in [4.78, 5) is 4.14. The summed E-state index contributed by atoms with van der Waals surface area (Å²) in [6.07, 6.45) is 3.41. The molecule has 4 heteroatoms. The molecule has 0 aliphatic carbocycles. The zero-order valence-corrected chi connectivity index (χ0v) is 12.0. The molecule has 20 heavy (non-hydrogen) atoms. The minimum absolute atomic E-state index is 0.270. The van der Waals surface area contributed by atoms with Crippen LogP contribution in [-0.4, -0.2) is 11.0 Å². The molecule has 0 aliphatic heterocycles. The summed E-state index contributed by atoms with van der Waals surface area (Å²) in [6.45, 7) is 6.62. The maximum Gasteiger partial charge on any atom is 0.146 e. The van der Waals surface area contributed by atoms with E-state index in [-0.39, 0.29) is 5.82 Å². The van der Waals surface area contributed by atoms with Crippen LogP contribution >= 0.6 is 0 Å². The zero-order valence-electron chi connectivity index (χ0n) is 12.0. The Hall–Kier alpha value is -1.94. The number of aromatic nitrogens is 1. The summed E-state index contributed by atoms with van der Waals surface area (Å²) in [5, 5.41) is 3.31. The molecule has 2 aromatic rings. The molecule has 0 spiro atoms. The molecule has 1 aromatic heterocycles. The topological polar surface area (TPSA) is 34.1 Å². The van der Waals surface area contributed by atoms with E-state index >= 15 is 0 Å². The maximum absolute atomic E-state index is 13.5. The van der Waals surface area contributed by atoms with Gasteiger partial charge in [-0.05, 0) is 30.2 Å². The van der Waals surface area contributed by atoms with Crippen molar-refractivity contribution >= 4 is 0 Å². The SMILES string of the molecule is Cc1ccc(Oc2cncc(CNC(C)C)c2)cc1F. The van der Waals surface area contributed by atoms with Gasteiger partial charge in [-0.15, -0.1) is 0 Å². The van der Waals surface area contributed by atoms with Crippen LogP contribution in [0.15, 0.2) is 36.7 Å². The molecule has 0 atom stereocenters. The number of aryl methyl sites for hydroxylation is 1. The van der Waals surface area contributed by atoms with Crippen molar-refractivity contribution in [1.29, 1.82) is 0 Å². The van der Waals surface area contributed by atoms with Gasteiger partial charge in [0.05, 0.1) is 6.20 Å². The Labute approximate surface area is 118 Å². The highest BCUT2D eigenvalue weighted by molar-refractivity contribution is 5.33. The maximum atomic E-state index is 13.5. The van der Waals surface area contributed by atoms with Gasteiger partial charge in [0, 0.05) is 24.8 Å². The van der Waals surface area contributed by atoms with Crippen molar-refractivity contribution < 1.29 is 9.13 Å². The van der Waals surface area contributed by atoms with Crippen LogP contribution in [0.1, 0.15) is 25.0 Å². The molecule has 1 heterocycles. The first-order valence-electron chi connectivity index (χ1n) is 6.66. The van der Waals surface area contributed by atoms with Crippen LogP contribution in [0.5, 0.6) is 11.5 Å². The first-order valence-corrected chi connectivity index (χ1v) is 6.66. The minimum atomic E-state index is -0.270. The third-order valence-electron chi connectivity index (χ3n) is 2.86. The van der Waals surface area contributed by atoms with Crippen LogP contribution in [0, 0.1) is 12.7 Å². The van der Waals surface area contributed by atoms with E-state index in [0.29, 0.717) is 23.1 Å². The van der Waals surface area contributed by atoms with Gasteiger partial charge in [0.25, 0.3) is 0 Å². The molecular weight excluding hydrogens is 255 g/mol. The lowest BCUT2D eigenvalue weighted by Gasteiger charge is -2.10. The lowest BCUT2D eigenvalue weighted by Crippen LogP contribution is -2.21. The highest BCUT2D eigenvalue weighted by Gasteiger charge is 2.03. The number of pyridine rings is 1. The second kappa shape index (κ2) is 6.48. The minimum Gasteiger partial charge on any atom is -0.456 e. The molecule has 0 fully saturated rings. The summed E-state index contributed by atoms with van der Waals surface area (Å²) in [6, 6.07) is 7.14. The van der Waals surface area contributed by atoms with Gasteiger partial charge in [-0.1, -0.05) is 19.9 Å². The van der Waals surface area contributed by atoms with Crippen molar-refractivity contribution in [2.24, 2.45) is 0 Å². The van der Waals surface area contributed by atoms with Gasteiger partial charge >= 0.3 is 0 Å². The van der Waals surface area contributed by atoms with Crippen molar-refractivity contribution in [3.8, 4) is 11.5 Å². The molecular formula is C16H19FN2O. The van der Waals surface area contributed by atoms with Crippen LogP contribution in [0.3, 0.4) is 0 Å². The Morgan fingerprint density at radius 1 is 1.20 bits per heavy atom. The summed E-state index contributed by atoms with van der Waals surface area (Å²) in [7, 11) is 0. The van der Waals surface area contributed by atoms with Crippen LogP contribution in [0.25, 0.3) is 0 Å². The molecule has 0 radical (unpaired) electrons. The number of halogens is 1. The number of nitrogens with zero attached hydrogens (tertiary/aromatic N) is 1. The quantitative estimate of drug-likeness (QED) is 0.900. The zero-order chi connectivity index (χ0) is 14.5. The van der Waals surface area contributed by atoms with E-state index in [2.05, 4.69) is 24.1 Å². The Balaban J connectivity index is 2.08. The lowest BCUT2D eigenvalue weighted by molar-refractivity contribution is 0.472. The van der Waals surface area contributed by atoms with E-state index in [1.807, 2.05) is 6.07 Å². The highest BCUT2D eigenvalue weighted by atomic mass is 19.1. The normalized spacial score (nSPS) is 10.8. The summed E-state index contributed by atoms with van der Waals surface area (Å²) >= 11 is 0. The second-order valence-electron chi connectivity index (χ2n) is 5.08. The number of hydrogen-bond acceptors (Lipinski definition) is 3. The number of ether oxygens (including phenoxy) is 1. The van der Waals surface area contributed by atoms with Crippen LogP contribution in [-0.2, 0) is 6.54 Å². The molecule has 0 saturated carbocycles. The average molecular weight is 274 g/mol. The van der Waals surface area contributed by atoms with Crippen LogP contribution < -0.4 is 10.1 Å². The van der Waals surface area contributed by atoms with Gasteiger partial charge in [-0.25, -0.2) is 4.39 Å². The first kappa shape index (κ1) is 14.5. The van der Waals surface area contributed by atoms with Crippen LogP contribution in [0.4, 0.5) is 4.39 Å². The van der Waals surface area contributed by atoms with Gasteiger partial charge < -0.3 is 10.1 Å². The summed E-state index contributed by atoms with van der Waals surface area (Å²) < 4.78 is 19.1. The second-order valence-corrected chi connectivity index (χ2v) is 5.08. The Morgan fingerprint density at radius 3 is 2.70 bits per heavy atom. The summed E-state index contributed by atoms with van der Waals surface area (Å²) in [5.41, 5.74) is 1.63. The monoisotopic (exact) mass is 274 g/mol. The molecule has 0 saturated heterocycles. The molecule has 0 aliphatic rings. The van der Waals surface area contributed by atoms with Crippen LogP contribution in [0.2, 0.25) is 0 Å². The van der Waals surface area contributed by atoms with Crippen molar-refractivity contribution in [2.75, 3.05) is 0 Å². The van der Waals surface area contributed by atoms with Gasteiger partial charge in [-0.3, -0.25) is 4.98 Å². The third-order valence-corrected chi connectivity index (χ3v) is 2.86. The largest absolute Gasteiger partial charge is 0.456 e. The fourth-order valence-corrected chi connectivity index (χ4v) is 1.71. The molecule has 106 valence electrons. The number of hydrogen-bond donors (Lipinski definition) is 1. The molecule has 1 N–H and O–H groups in total. The lowest BCUT2D eigenvalue weighted by atomic mass is 10.2. The van der Waals surface area contributed by atoms with Crippen molar-refractivity contribution in [3.63, 3.8) is 0 Å².